The Labute approximate surface area is 120 Å². The fourth-order valence-corrected chi connectivity index (χ4v) is 4.13. The van der Waals surface area contributed by atoms with Crippen molar-refractivity contribution in [3.63, 3.8) is 0 Å². The maximum absolute atomic E-state index is 12.4. The van der Waals surface area contributed by atoms with Crippen molar-refractivity contribution in [1.82, 2.24) is 4.90 Å². The molecule has 0 atom stereocenters. The molecule has 0 spiro atoms. The van der Waals surface area contributed by atoms with E-state index in [-0.39, 0.29) is 0 Å². The van der Waals surface area contributed by atoms with Crippen molar-refractivity contribution in [3.05, 3.63) is 21.4 Å². The molecule has 2 heterocycles. The molecule has 3 heteroatoms. The highest BCUT2D eigenvalue weighted by molar-refractivity contribution is 7.12. The number of carbonyl (C=O) groups excluding carboxylic acids is 1. The molecular formula is C16H25NOS. The van der Waals surface area contributed by atoms with Gasteiger partial charge in [-0.25, -0.2) is 0 Å². The number of carbonyl (C=O) groups is 1. The van der Waals surface area contributed by atoms with E-state index in [0.717, 1.165) is 18.7 Å². The summed E-state index contributed by atoms with van der Waals surface area (Å²) < 4.78 is 0. The van der Waals surface area contributed by atoms with Crippen LogP contribution in [-0.4, -0.2) is 30.3 Å². The van der Waals surface area contributed by atoms with E-state index in [1.54, 1.807) is 11.3 Å². The number of hydrogen-bond donors (Lipinski definition) is 0. The van der Waals surface area contributed by atoms with Gasteiger partial charge < -0.3 is 0 Å². The van der Waals surface area contributed by atoms with E-state index in [9.17, 15) is 4.79 Å². The summed E-state index contributed by atoms with van der Waals surface area (Å²) in [6, 6.07) is 2.05. The molecule has 1 aliphatic heterocycles. The molecule has 19 heavy (non-hydrogen) atoms. The molecule has 0 aromatic carbocycles. The molecule has 2 nitrogen and oxygen atoms in total. The van der Waals surface area contributed by atoms with Gasteiger partial charge in [0.15, 0.2) is 5.78 Å². The van der Waals surface area contributed by atoms with Gasteiger partial charge in [0, 0.05) is 21.9 Å². The number of ketones is 1. The first-order valence-corrected chi connectivity index (χ1v) is 8.14. The van der Waals surface area contributed by atoms with E-state index < -0.39 is 0 Å². The summed E-state index contributed by atoms with van der Waals surface area (Å²) in [6.45, 7) is 11.4. The largest absolute Gasteiger partial charge is 0.295 e. The van der Waals surface area contributed by atoms with Gasteiger partial charge in [-0.1, -0.05) is 13.8 Å². The van der Waals surface area contributed by atoms with E-state index in [1.165, 1.54) is 29.0 Å². The molecule has 0 unspecified atom stereocenters. The molecular weight excluding hydrogens is 254 g/mol. The Morgan fingerprint density at radius 3 is 2.53 bits per heavy atom. The van der Waals surface area contributed by atoms with Crippen LogP contribution in [0.1, 0.15) is 53.2 Å². The molecule has 1 saturated heterocycles. The molecule has 0 N–H and O–H groups in total. The van der Waals surface area contributed by atoms with Crippen LogP contribution >= 0.6 is 11.3 Å². The molecule has 106 valence electrons. The molecule has 1 aromatic heterocycles. The monoisotopic (exact) mass is 279 g/mol. The fraction of sp³-hybridized carbons (Fsp3) is 0.688. The van der Waals surface area contributed by atoms with Crippen molar-refractivity contribution in [3.8, 4) is 0 Å². The van der Waals surface area contributed by atoms with Crippen molar-refractivity contribution < 1.29 is 4.79 Å². The zero-order valence-corrected chi connectivity index (χ0v) is 13.4. The van der Waals surface area contributed by atoms with Crippen molar-refractivity contribution in [2.75, 3.05) is 19.6 Å². The number of Topliss-reactive ketones (excluding diaryl/α,β-unsaturated/α-hetero) is 1. The van der Waals surface area contributed by atoms with Gasteiger partial charge in [0.05, 0.1) is 6.54 Å². The molecule has 0 bridgehead atoms. The molecule has 1 aromatic rings. The minimum atomic E-state index is 0.296. The summed E-state index contributed by atoms with van der Waals surface area (Å²) in [5, 5.41) is 0. The standard InChI is InChI=1S/C16H25NOS/c1-5-16(6-2)7-8-17(11-16)10-15(18)14-9-12(3)19-13(14)4/h9H,5-8,10-11H2,1-4H3. The van der Waals surface area contributed by atoms with Crippen molar-refractivity contribution >= 4 is 17.1 Å². The maximum Gasteiger partial charge on any atom is 0.177 e. The highest BCUT2D eigenvalue weighted by Crippen LogP contribution is 2.37. The van der Waals surface area contributed by atoms with Crippen LogP contribution in [0, 0.1) is 19.3 Å². The lowest BCUT2D eigenvalue weighted by molar-refractivity contribution is 0.0936. The quantitative estimate of drug-likeness (QED) is 0.758. The summed E-state index contributed by atoms with van der Waals surface area (Å²) in [5.74, 6) is 0.296. The van der Waals surface area contributed by atoms with Gasteiger partial charge in [0.2, 0.25) is 0 Å². The Hall–Kier alpha value is -0.670. The van der Waals surface area contributed by atoms with Crippen LogP contribution in [-0.2, 0) is 0 Å². The minimum absolute atomic E-state index is 0.296. The maximum atomic E-state index is 12.4. The average Bonchev–Trinajstić information content (AvgIpc) is 2.93. The number of thiophene rings is 1. The van der Waals surface area contributed by atoms with Crippen molar-refractivity contribution in [2.24, 2.45) is 5.41 Å². The SMILES string of the molecule is CCC1(CC)CCN(CC(=O)c2cc(C)sc2C)C1. The van der Waals surface area contributed by atoms with Gasteiger partial charge in [0.25, 0.3) is 0 Å². The summed E-state index contributed by atoms with van der Waals surface area (Å²) in [4.78, 5) is 17.1. The number of nitrogens with zero attached hydrogens (tertiary/aromatic N) is 1. The Kier molecular flexibility index (Phi) is 4.46. The second-order valence-electron chi connectivity index (χ2n) is 5.92. The Morgan fingerprint density at radius 1 is 1.37 bits per heavy atom. The Bertz CT molecular complexity index is 459. The van der Waals surface area contributed by atoms with Gasteiger partial charge in [-0.2, -0.15) is 0 Å². The molecule has 0 radical (unpaired) electrons. The van der Waals surface area contributed by atoms with Gasteiger partial charge in [-0.15, -0.1) is 11.3 Å². The van der Waals surface area contributed by atoms with E-state index in [0.29, 0.717) is 17.7 Å². The van der Waals surface area contributed by atoms with E-state index >= 15 is 0 Å². The van der Waals surface area contributed by atoms with E-state index in [2.05, 4.69) is 32.6 Å². The van der Waals surface area contributed by atoms with Crippen LogP contribution in [0.3, 0.4) is 0 Å². The molecule has 0 aliphatic carbocycles. The summed E-state index contributed by atoms with van der Waals surface area (Å²) >= 11 is 1.72. The van der Waals surface area contributed by atoms with Crippen molar-refractivity contribution in [1.29, 1.82) is 0 Å². The lowest BCUT2D eigenvalue weighted by Crippen LogP contribution is -2.31. The molecule has 0 saturated carbocycles. The first-order valence-electron chi connectivity index (χ1n) is 7.32. The highest BCUT2D eigenvalue weighted by Gasteiger charge is 2.35. The van der Waals surface area contributed by atoms with E-state index in [4.69, 9.17) is 0 Å². The lowest BCUT2D eigenvalue weighted by Gasteiger charge is -2.26. The van der Waals surface area contributed by atoms with Gasteiger partial charge >= 0.3 is 0 Å². The molecule has 2 rings (SSSR count). The first-order chi connectivity index (χ1) is 8.99. The Balaban J connectivity index is 2.00. The zero-order valence-electron chi connectivity index (χ0n) is 12.6. The lowest BCUT2D eigenvalue weighted by atomic mass is 9.82. The second kappa shape index (κ2) is 5.76. The summed E-state index contributed by atoms with van der Waals surface area (Å²) in [7, 11) is 0. The third-order valence-electron chi connectivity index (χ3n) is 4.73. The Morgan fingerprint density at radius 2 is 2.05 bits per heavy atom. The van der Waals surface area contributed by atoms with E-state index in [1.807, 2.05) is 6.07 Å². The van der Waals surface area contributed by atoms with Crippen LogP contribution in [0.4, 0.5) is 0 Å². The topological polar surface area (TPSA) is 20.3 Å². The third-order valence-corrected chi connectivity index (χ3v) is 5.69. The fourth-order valence-electron chi connectivity index (χ4n) is 3.19. The van der Waals surface area contributed by atoms with Gasteiger partial charge in [-0.05, 0) is 51.1 Å². The normalized spacial score (nSPS) is 18.9. The van der Waals surface area contributed by atoms with Crippen LogP contribution in [0.15, 0.2) is 6.07 Å². The number of aryl methyl sites for hydroxylation is 2. The third kappa shape index (κ3) is 3.09. The van der Waals surface area contributed by atoms with Crippen LogP contribution in [0.5, 0.6) is 0 Å². The van der Waals surface area contributed by atoms with Gasteiger partial charge in [0.1, 0.15) is 0 Å². The minimum Gasteiger partial charge on any atom is -0.295 e. The van der Waals surface area contributed by atoms with Crippen LogP contribution in [0.25, 0.3) is 0 Å². The van der Waals surface area contributed by atoms with Gasteiger partial charge in [-0.3, -0.25) is 9.69 Å². The molecule has 1 fully saturated rings. The first kappa shape index (κ1) is 14.7. The summed E-state index contributed by atoms with van der Waals surface area (Å²) in [5.41, 5.74) is 1.40. The van der Waals surface area contributed by atoms with Crippen LogP contribution in [0.2, 0.25) is 0 Å². The predicted molar refractivity (Wildman–Crippen MR) is 82.2 cm³/mol. The predicted octanol–water partition coefficient (Wildman–Crippen LogP) is 4.06. The molecule has 1 aliphatic rings. The number of rotatable bonds is 5. The van der Waals surface area contributed by atoms with Crippen molar-refractivity contribution in [2.45, 2.75) is 47.0 Å². The molecule has 0 amide bonds. The smallest absolute Gasteiger partial charge is 0.177 e. The highest BCUT2D eigenvalue weighted by atomic mass is 32.1. The van der Waals surface area contributed by atoms with Crippen LogP contribution < -0.4 is 0 Å². The average molecular weight is 279 g/mol. The second-order valence-corrected chi connectivity index (χ2v) is 7.38. The number of likely N-dealkylation sites (tertiary alicyclic amines) is 1. The zero-order chi connectivity index (χ0) is 14.0. The number of hydrogen-bond acceptors (Lipinski definition) is 3. The summed E-state index contributed by atoms with van der Waals surface area (Å²) in [6.07, 6.45) is 3.70.